The highest BCUT2D eigenvalue weighted by atomic mass is 16.2. The lowest BCUT2D eigenvalue weighted by Crippen LogP contribution is -2.33. The summed E-state index contributed by atoms with van der Waals surface area (Å²) in [5.41, 5.74) is 4.95. The monoisotopic (exact) mass is 311 g/mol. The SMILES string of the molecule is C=C(C)CN(CC)C(=O)Cc1c(C)nn(-c2ccccc2)c1C. The number of aromatic nitrogens is 2. The Bertz CT molecular complexity index is 701. The van der Waals surface area contributed by atoms with E-state index in [4.69, 9.17) is 0 Å². The Balaban J connectivity index is 2.26. The molecule has 0 aliphatic carbocycles. The number of nitrogens with zero attached hydrogens (tertiary/aromatic N) is 3. The molecule has 0 radical (unpaired) electrons. The summed E-state index contributed by atoms with van der Waals surface area (Å²) in [6, 6.07) is 10.00. The fraction of sp³-hybridized carbons (Fsp3) is 0.368. The van der Waals surface area contributed by atoms with Gasteiger partial charge in [0, 0.05) is 24.3 Å². The minimum absolute atomic E-state index is 0.120. The first-order valence-electron chi connectivity index (χ1n) is 7.96. The van der Waals surface area contributed by atoms with Crippen molar-refractivity contribution in [3.05, 3.63) is 59.4 Å². The highest BCUT2D eigenvalue weighted by Gasteiger charge is 2.19. The molecule has 0 fully saturated rings. The second-order valence-corrected chi connectivity index (χ2v) is 5.94. The van der Waals surface area contributed by atoms with Crippen molar-refractivity contribution in [2.75, 3.05) is 13.1 Å². The van der Waals surface area contributed by atoms with Gasteiger partial charge in [-0.1, -0.05) is 30.4 Å². The Morgan fingerprint density at radius 3 is 2.48 bits per heavy atom. The van der Waals surface area contributed by atoms with Gasteiger partial charge in [0.2, 0.25) is 5.91 Å². The van der Waals surface area contributed by atoms with Gasteiger partial charge in [0.05, 0.1) is 17.8 Å². The van der Waals surface area contributed by atoms with Crippen molar-refractivity contribution in [1.82, 2.24) is 14.7 Å². The third kappa shape index (κ3) is 3.89. The summed E-state index contributed by atoms with van der Waals surface area (Å²) >= 11 is 0. The second kappa shape index (κ2) is 7.27. The van der Waals surface area contributed by atoms with E-state index in [1.807, 2.05) is 67.6 Å². The molecule has 1 aromatic carbocycles. The minimum Gasteiger partial charge on any atom is -0.339 e. The van der Waals surface area contributed by atoms with E-state index in [2.05, 4.69) is 11.7 Å². The third-order valence-corrected chi connectivity index (χ3v) is 3.97. The van der Waals surface area contributed by atoms with Gasteiger partial charge in [-0.25, -0.2) is 4.68 Å². The first-order chi connectivity index (χ1) is 10.9. The predicted molar refractivity (Wildman–Crippen MR) is 93.8 cm³/mol. The number of benzene rings is 1. The Kier molecular flexibility index (Phi) is 5.37. The van der Waals surface area contributed by atoms with Crippen molar-refractivity contribution in [3.63, 3.8) is 0 Å². The number of amides is 1. The fourth-order valence-corrected chi connectivity index (χ4v) is 2.72. The fourth-order valence-electron chi connectivity index (χ4n) is 2.72. The van der Waals surface area contributed by atoms with Gasteiger partial charge in [-0.15, -0.1) is 0 Å². The summed E-state index contributed by atoms with van der Waals surface area (Å²) in [6.07, 6.45) is 0.381. The van der Waals surface area contributed by atoms with Gasteiger partial charge in [-0.2, -0.15) is 5.10 Å². The van der Waals surface area contributed by atoms with E-state index in [9.17, 15) is 4.79 Å². The molecule has 4 heteroatoms. The van der Waals surface area contributed by atoms with Crippen molar-refractivity contribution in [2.24, 2.45) is 0 Å². The number of hydrogen-bond donors (Lipinski definition) is 0. The predicted octanol–water partition coefficient (Wildman–Crippen LogP) is 3.46. The Morgan fingerprint density at radius 2 is 1.91 bits per heavy atom. The van der Waals surface area contributed by atoms with Gasteiger partial charge in [0.15, 0.2) is 0 Å². The number of aryl methyl sites for hydroxylation is 1. The average Bonchev–Trinajstić information content (AvgIpc) is 2.81. The quantitative estimate of drug-likeness (QED) is 0.766. The third-order valence-electron chi connectivity index (χ3n) is 3.97. The first-order valence-corrected chi connectivity index (χ1v) is 7.96. The zero-order valence-electron chi connectivity index (χ0n) is 14.5. The molecule has 0 atom stereocenters. The van der Waals surface area contributed by atoms with Crippen molar-refractivity contribution in [2.45, 2.75) is 34.1 Å². The molecule has 1 aromatic heterocycles. The van der Waals surface area contributed by atoms with Crippen LogP contribution in [0.1, 0.15) is 30.8 Å². The molecule has 23 heavy (non-hydrogen) atoms. The topological polar surface area (TPSA) is 38.1 Å². The maximum absolute atomic E-state index is 12.6. The van der Waals surface area contributed by atoms with Crippen LogP contribution in [0.25, 0.3) is 5.69 Å². The standard InChI is InChI=1S/C19H25N3O/c1-6-21(13-14(2)3)19(23)12-18-15(4)20-22(16(18)5)17-10-8-7-9-11-17/h7-11H,2,6,12-13H2,1,3-5H3. The van der Waals surface area contributed by atoms with Crippen LogP contribution in [0, 0.1) is 13.8 Å². The lowest BCUT2D eigenvalue weighted by molar-refractivity contribution is -0.129. The van der Waals surface area contributed by atoms with Crippen LogP contribution >= 0.6 is 0 Å². The van der Waals surface area contributed by atoms with Crippen molar-refractivity contribution in [1.29, 1.82) is 0 Å². The van der Waals surface area contributed by atoms with E-state index >= 15 is 0 Å². The van der Waals surface area contributed by atoms with Crippen LogP contribution in [0.4, 0.5) is 0 Å². The molecular formula is C19H25N3O. The first kappa shape index (κ1) is 17.0. The maximum Gasteiger partial charge on any atom is 0.227 e. The second-order valence-electron chi connectivity index (χ2n) is 5.94. The summed E-state index contributed by atoms with van der Waals surface area (Å²) in [5, 5.41) is 4.61. The number of carbonyl (C=O) groups excluding carboxylic acids is 1. The average molecular weight is 311 g/mol. The zero-order chi connectivity index (χ0) is 17.0. The minimum atomic E-state index is 0.120. The molecule has 0 unspecified atom stereocenters. The van der Waals surface area contributed by atoms with Crippen LogP contribution in [0.3, 0.4) is 0 Å². The zero-order valence-corrected chi connectivity index (χ0v) is 14.5. The molecule has 0 aliphatic rings. The van der Waals surface area contributed by atoms with Crippen molar-refractivity contribution in [3.8, 4) is 5.69 Å². The molecule has 0 saturated heterocycles. The van der Waals surface area contributed by atoms with E-state index in [1.165, 1.54) is 0 Å². The van der Waals surface area contributed by atoms with Gasteiger partial charge in [-0.05, 0) is 39.8 Å². The lowest BCUT2D eigenvalue weighted by atomic mass is 10.1. The van der Waals surface area contributed by atoms with E-state index < -0.39 is 0 Å². The number of rotatable bonds is 6. The summed E-state index contributed by atoms with van der Waals surface area (Å²) < 4.78 is 1.91. The van der Waals surface area contributed by atoms with Crippen LogP contribution in [-0.2, 0) is 11.2 Å². The molecule has 122 valence electrons. The van der Waals surface area contributed by atoms with Crippen LogP contribution in [0.5, 0.6) is 0 Å². The molecule has 0 N–H and O–H groups in total. The molecule has 0 spiro atoms. The molecule has 0 aliphatic heterocycles. The van der Waals surface area contributed by atoms with E-state index in [0.29, 0.717) is 19.5 Å². The van der Waals surface area contributed by atoms with Crippen LogP contribution < -0.4 is 0 Å². The summed E-state index contributed by atoms with van der Waals surface area (Å²) in [6.45, 7) is 13.1. The highest BCUT2D eigenvalue weighted by Crippen LogP contribution is 2.19. The van der Waals surface area contributed by atoms with Gasteiger partial charge >= 0.3 is 0 Å². The van der Waals surface area contributed by atoms with Crippen LogP contribution in [-0.4, -0.2) is 33.7 Å². The summed E-state index contributed by atoms with van der Waals surface area (Å²) in [7, 11) is 0. The molecule has 2 aromatic rings. The maximum atomic E-state index is 12.6. The lowest BCUT2D eigenvalue weighted by Gasteiger charge is -2.21. The normalized spacial score (nSPS) is 10.6. The number of para-hydroxylation sites is 1. The summed E-state index contributed by atoms with van der Waals surface area (Å²) in [5.74, 6) is 0.120. The Hall–Kier alpha value is -2.36. The Morgan fingerprint density at radius 1 is 1.26 bits per heavy atom. The van der Waals surface area contributed by atoms with Crippen LogP contribution in [0.15, 0.2) is 42.5 Å². The van der Waals surface area contributed by atoms with Gasteiger partial charge < -0.3 is 4.90 Å². The van der Waals surface area contributed by atoms with Crippen LogP contribution in [0.2, 0.25) is 0 Å². The largest absolute Gasteiger partial charge is 0.339 e. The molecule has 4 nitrogen and oxygen atoms in total. The molecule has 2 rings (SSSR count). The molecule has 0 saturated carbocycles. The van der Waals surface area contributed by atoms with Gasteiger partial charge in [0.25, 0.3) is 0 Å². The van der Waals surface area contributed by atoms with E-state index in [0.717, 1.165) is 28.2 Å². The van der Waals surface area contributed by atoms with Crippen molar-refractivity contribution >= 4 is 5.91 Å². The number of likely N-dealkylation sites (N-methyl/N-ethyl adjacent to an activating group) is 1. The molecular weight excluding hydrogens is 286 g/mol. The highest BCUT2D eigenvalue weighted by molar-refractivity contribution is 5.79. The molecule has 1 heterocycles. The Labute approximate surface area is 138 Å². The van der Waals surface area contributed by atoms with Gasteiger partial charge in [-0.3, -0.25) is 4.79 Å². The van der Waals surface area contributed by atoms with E-state index in [-0.39, 0.29) is 5.91 Å². The van der Waals surface area contributed by atoms with Crippen molar-refractivity contribution < 1.29 is 4.79 Å². The number of hydrogen-bond acceptors (Lipinski definition) is 2. The number of carbonyl (C=O) groups is 1. The molecule has 1 amide bonds. The molecule has 0 bridgehead atoms. The summed E-state index contributed by atoms with van der Waals surface area (Å²) in [4.78, 5) is 14.4. The van der Waals surface area contributed by atoms with E-state index in [1.54, 1.807) is 0 Å². The smallest absolute Gasteiger partial charge is 0.227 e. The van der Waals surface area contributed by atoms with Gasteiger partial charge in [0.1, 0.15) is 0 Å².